The van der Waals surface area contributed by atoms with Crippen LogP contribution in [0.5, 0.6) is 0 Å². The lowest BCUT2D eigenvalue weighted by Crippen LogP contribution is -2.46. The molecule has 0 bridgehead atoms. The van der Waals surface area contributed by atoms with Crippen LogP contribution in [-0.2, 0) is 0 Å². The minimum atomic E-state index is -0.394. The van der Waals surface area contributed by atoms with Crippen LogP contribution in [-0.4, -0.2) is 61.1 Å². The molecule has 0 saturated carbocycles. The third-order valence-corrected chi connectivity index (χ3v) is 3.77. The van der Waals surface area contributed by atoms with Crippen LogP contribution < -0.4 is 10.2 Å². The minimum absolute atomic E-state index is 0.0298. The molecule has 110 valence electrons. The van der Waals surface area contributed by atoms with Crippen LogP contribution in [0.4, 0.5) is 11.5 Å². The summed E-state index contributed by atoms with van der Waals surface area (Å²) < 4.78 is 0.614. The standard InChI is InChI=1S/C12H18BrN5O2/c1-16(6-7-17-4-2-14-3-5-17)12-11(18(19)20)8-10(13)9-15-12/h8-9,14H,2-7H2,1H3. The van der Waals surface area contributed by atoms with Crippen molar-refractivity contribution in [3.8, 4) is 0 Å². The fourth-order valence-electron chi connectivity index (χ4n) is 2.18. The number of anilines is 1. The van der Waals surface area contributed by atoms with Gasteiger partial charge in [0, 0.05) is 63.1 Å². The van der Waals surface area contributed by atoms with Crippen molar-refractivity contribution < 1.29 is 4.92 Å². The number of hydrogen-bond acceptors (Lipinski definition) is 6. The molecular formula is C12H18BrN5O2. The summed E-state index contributed by atoms with van der Waals surface area (Å²) in [4.78, 5) is 19.0. The highest BCUT2D eigenvalue weighted by Crippen LogP contribution is 2.27. The van der Waals surface area contributed by atoms with Gasteiger partial charge in [-0.2, -0.15) is 0 Å². The largest absolute Gasteiger partial charge is 0.353 e. The molecule has 1 N–H and O–H groups in total. The van der Waals surface area contributed by atoms with E-state index < -0.39 is 4.92 Å². The summed E-state index contributed by atoms with van der Waals surface area (Å²) in [5.41, 5.74) is 0.0298. The Kier molecular flexibility index (Phi) is 5.27. The Morgan fingerprint density at radius 3 is 2.90 bits per heavy atom. The van der Waals surface area contributed by atoms with Crippen molar-refractivity contribution in [3.63, 3.8) is 0 Å². The van der Waals surface area contributed by atoms with E-state index in [-0.39, 0.29) is 5.69 Å². The summed E-state index contributed by atoms with van der Waals surface area (Å²) >= 11 is 3.21. The van der Waals surface area contributed by atoms with Gasteiger partial charge in [0.2, 0.25) is 5.82 Å². The van der Waals surface area contributed by atoms with Crippen molar-refractivity contribution in [3.05, 3.63) is 26.9 Å². The van der Waals surface area contributed by atoms with E-state index in [0.717, 1.165) is 39.3 Å². The van der Waals surface area contributed by atoms with E-state index in [9.17, 15) is 10.1 Å². The number of nitrogens with zero attached hydrogens (tertiary/aromatic N) is 4. The quantitative estimate of drug-likeness (QED) is 0.637. The lowest BCUT2D eigenvalue weighted by Gasteiger charge is -2.29. The zero-order valence-corrected chi connectivity index (χ0v) is 13.0. The second-order valence-corrected chi connectivity index (χ2v) is 5.68. The monoisotopic (exact) mass is 343 g/mol. The van der Waals surface area contributed by atoms with Gasteiger partial charge in [0.25, 0.3) is 0 Å². The summed E-state index contributed by atoms with van der Waals surface area (Å²) in [7, 11) is 1.84. The van der Waals surface area contributed by atoms with Crippen molar-refractivity contribution >= 4 is 27.4 Å². The second kappa shape index (κ2) is 6.96. The van der Waals surface area contributed by atoms with Crippen LogP contribution >= 0.6 is 15.9 Å². The maximum Gasteiger partial charge on any atom is 0.312 e. The summed E-state index contributed by atoms with van der Waals surface area (Å²) in [5.74, 6) is 0.410. The van der Waals surface area contributed by atoms with Crippen LogP contribution in [0, 0.1) is 10.1 Å². The molecule has 7 nitrogen and oxygen atoms in total. The first-order valence-corrected chi connectivity index (χ1v) is 7.31. The van der Waals surface area contributed by atoms with Gasteiger partial charge in [-0.1, -0.05) is 0 Å². The first kappa shape index (κ1) is 15.1. The van der Waals surface area contributed by atoms with E-state index in [4.69, 9.17) is 0 Å². The SMILES string of the molecule is CN(CCN1CCNCC1)c1ncc(Br)cc1[N+](=O)[O-]. The number of pyridine rings is 1. The maximum absolute atomic E-state index is 11.1. The number of aromatic nitrogens is 1. The number of likely N-dealkylation sites (N-methyl/N-ethyl adjacent to an activating group) is 1. The highest BCUT2D eigenvalue weighted by atomic mass is 79.9. The highest BCUT2D eigenvalue weighted by Gasteiger charge is 2.20. The van der Waals surface area contributed by atoms with Gasteiger partial charge in [0.1, 0.15) is 0 Å². The molecule has 1 aromatic rings. The third kappa shape index (κ3) is 3.87. The first-order valence-electron chi connectivity index (χ1n) is 6.52. The molecule has 8 heteroatoms. The zero-order chi connectivity index (χ0) is 14.5. The van der Waals surface area contributed by atoms with Crippen molar-refractivity contribution in [2.45, 2.75) is 0 Å². The Morgan fingerprint density at radius 2 is 2.25 bits per heavy atom. The molecule has 0 atom stereocenters. The Balaban J connectivity index is 2.01. The van der Waals surface area contributed by atoms with Gasteiger partial charge in [-0.3, -0.25) is 15.0 Å². The number of nitrogens with one attached hydrogen (secondary N) is 1. The van der Waals surface area contributed by atoms with Crippen LogP contribution in [0.15, 0.2) is 16.7 Å². The van der Waals surface area contributed by atoms with Crippen LogP contribution in [0.25, 0.3) is 0 Å². The lowest BCUT2D eigenvalue weighted by atomic mass is 10.3. The average molecular weight is 344 g/mol. The fourth-order valence-corrected chi connectivity index (χ4v) is 2.50. The molecule has 1 aliphatic rings. The number of hydrogen-bond donors (Lipinski definition) is 1. The van der Waals surface area contributed by atoms with Crippen LogP contribution in [0.1, 0.15) is 0 Å². The lowest BCUT2D eigenvalue weighted by molar-refractivity contribution is -0.384. The predicted octanol–water partition coefficient (Wildman–Crippen LogP) is 1.09. The molecule has 0 amide bonds. The molecule has 2 rings (SSSR count). The van der Waals surface area contributed by atoms with Crippen molar-refractivity contribution in [1.29, 1.82) is 0 Å². The van der Waals surface area contributed by atoms with Gasteiger partial charge >= 0.3 is 5.69 Å². The molecule has 20 heavy (non-hydrogen) atoms. The predicted molar refractivity (Wildman–Crippen MR) is 81.2 cm³/mol. The molecular weight excluding hydrogens is 326 g/mol. The Labute approximate surface area is 126 Å². The third-order valence-electron chi connectivity index (χ3n) is 3.33. The molecule has 1 fully saturated rings. The van der Waals surface area contributed by atoms with Crippen molar-refractivity contribution in [2.24, 2.45) is 0 Å². The molecule has 0 spiro atoms. The van der Waals surface area contributed by atoms with Crippen molar-refractivity contribution in [2.75, 3.05) is 51.2 Å². The van der Waals surface area contributed by atoms with Gasteiger partial charge < -0.3 is 10.2 Å². The van der Waals surface area contributed by atoms with E-state index in [0.29, 0.717) is 10.3 Å². The number of piperazine rings is 1. The van der Waals surface area contributed by atoms with E-state index in [1.165, 1.54) is 6.07 Å². The van der Waals surface area contributed by atoms with Gasteiger partial charge in [-0.25, -0.2) is 4.98 Å². The second-order valence-electron chi connectivity index (χ2n) is 4.77. The van der Waals surface area contributed by atoms with Crippen molar-refractivity contribution in [1.82, 2.24) is 15.2 Å². The summed E-state index contributed by atoms with van der Waals surface area (Å²) in [5, 5.41) is 14.4. The molecule has 1 aliphatic heterocycles. The van der Waals surface area contributed by atoms with Gasteiger partial charge in [0.15, 0.2) is 0 Å². The molecule has 0 aromatic carbocycles. The van der Waals surface area contributed by atoms with Crippen LogP contribution in [0.2, 0.25) is 0 Å². The molecule has 1 saturated heterocycles. The van der Waals surface area contributed by atoms with Gasteiger partial charge in [0.05, 0.1) is 4.92 Å². The van der Waals surface area contributed by atoms with Crippen LogP contribution in [0.3, 0.4) is 0 Å². The highest BCUT2D eigenvalue weighted by molar-refractivity contribution is 9.10. The number of rotatable bonds is 5. The first-order chi connectivity index (χ1) is 9.58. The summed E-state index contributed by atoms with van der Waals surface area (Å²) in [6, 6.07) is 1.49. The van der Waals surface area contributed by atoms with E-state index in [1.54, 1.807) is 6.20 Å². The summed E-state index contributed by atoms with van der Waals surface area (Å²) in [6.07, 6.45) is 1.59. The summed E-state index contributed by atoms with van der Waals surface area (Å²) in [6.45, 7) is 5.64. The normalized spacial score (nSPS) is 16.1. The topological polar surface area (TPSA) is 74.5 Å². The van der Waals surface area contributed by atoms with E-state index in [1.807, 2.05) is 11.9 Å². The smallest absolute Gasteiger partial charge is 0.312 e. The molecule has 0 radical (unpaired) electrons. The maximum atomic E-state index is 11.1. The zero-order valence-electron chi connectivity index (χ0n) is 11.4. The molecule has 2 heterocycles. The van der Waals surface area contributed by atoms with E-state index >= 15 is 0 Å². The Bertz CT molecular complexity index is 479. The van der Waals surface area contributed by atoms with E-state index in [2.05, 4.69) is 31.1 Å². The average Bonchev–Trinajstić information content (AvgIpc) is 2.45. The molecule has 1 aromatic heterocycles. The van der Waals surface area contributed by atoms with Gasteiger partial charge in [-0.05, 0) is 15.9 Å². The minimum Gasteiger partial charge on any atom is -0.353 e. The number of halogens is 1. The fraction of sp³-hybridized carbons (Fsp3) is 0.583. The number of nitro groups is 1. The Hall–Kier alpha value is -1.25. The molecule has 0 unspecified atom stereocenters. The Morgan fingerprint density at radius 1 is 1.55 bits per heavy atom. The van der Waals surface area contributed by atoms with Gasteiger partial charge in [-0.15, -0.1) is 0 Å². The molecule has 0 aliphatic carbocycles.